The van der Waals surface area contributed by atoms with Gasteiger partial charge in [0.1, 0.15) is 23.3 Å². The molecule has 2 aromatic carbocycles. The van der Waals surface area contributed by atoms with Crippen molar-refractivity contribution in [2.24, 2.45) is 0 Å². The van der Waals surface area contributed by atoms with Gasteiger partial charge in [0.25, 0.3) is 0 Å². The van der Waals surface area contributed by atoms with E-state index in [9.17, 15) is 0 Å². The Balaban J connectivity index is 1.63. The monoisotopic (exact) mass is 332 g/mol. The van der Waals surface area contributed by atoms with Gasteiger partial charge in [-0.25, -0.2) is 9.97 Å². The smallest absolute Gasteiger partial charge is 0.228 e. The van der Waals surface area contributed by atoms with Gasteiger partial charge in [0.15, 0.2) is 5.82 Å². The zero-order chi connectivity index (χ0) is 17.1. The van der Waals surface area contributed by atoms with Crippen LogP contribution in [0.15, 0.2) is 65.4 Å². The van der Waals surface area contributed by atoms with Crippen molar-refractivity contribution in [1.82, 2.24) is 15.1 Å². The molecule has 25 heavy (non-hydrogen) atoms. The summed E-state index contributed by atoms with van der Waals surface area (Å²) in [5.41, 5.74) is 3.98. The van der Waals surface area contributed by atoms with Crippen molar-refractivity contribution in [2.45, 2.75) is 6.54 Å². The van der Waals surface area contributed by atoms with Gasteiger partial charge in [-0.3, -0.25) is 0 Å². The molecule has 124 valence electrons. The highest BCUT2D eigenvalue weighted by atomic mass is 16.5. The summed E-state index contributed by atoms with van der Waals surface area (Å²) in [6, 6.07) is 17.7. The number of hydrogen-bond donors (Lipinski definition) is 1. The minimum absolute atomic E-state index is 0.546. The molecule has 0 aliphatic carbocycles. The second kappa shape index (κ2) is 6.60. The lowest BCUT2D eigenvalue weighted by Gasteiger charge is -2.07. The second-order valence-electron chi connectivity index (χ2n) is 5.50. The second-order valence-corrected chi connectivity index (χ2v) is 5.50. The standard InChI is InChI=1S/C19H16N4O2/c1-24-15-9-5-6-13(10-15)11-20-19-18-17(21-12-22-19)16(23-25-18)14-7-3-2-4-8-14/h2-10,12H,11H2,1H3,(H,20,21,22). The third-order valence-corrected chi connectivity index (χ3v) is 3.90. The molecule has 0 aliphatic rings. The zero-order valence-corrected chi connectivity index (χ0v) is 13.6. The third-order valence-electron chi connectivity index (χ3n) is 3.90. The summed E-state index contributed by atoms with van der Waals surface area (Å²) in [5, 5.41) is 7.45. The first-order valence-corrected chi connectivity index (χ1v) is 7.88. The molecule has 0 amide bonds. The molecule has 0 spiro atoms. The maximum atomic E-state index is 5.51. The van der Waals surface area contributed by atoms with Crippen LogP contribution in [0.5, 0.6) is 5.75 Å². The summed E-state index contributed by atoms with van der Waals surface area (Å²) in [4.78, 5) is 8.62. The van der Waals surface area contributed by atoms with Crippen LogP contribution in [-0.4, -0.2) is 22.2 Å². The maximum Gasteiger partial charge on any atom is 0.228 e. The minimum atomic E-state index is 0.546. The van der Waals surface area contributed by atoms with Crippen LogP contribution in [-0.2, 0) is 6.54 Å². The predicted molar refractivity (Wildman–Crippen MR) is 95.4 cm³/mol. The molecule has 2 aromatic heterocycles. The summed E-state index contributed by atoms with van der Waals surface area (Å²) in [7, 11) is 1.65. The average molecular weight is 332 g/mol. The number of ether oxygens (including phenoxy) is 1. The van der Waals surface area contributed by atoms with Crippen LogP contribution >= 0.6 is 0 Å². The first-order valence-electron chi connectivity index (χ1n) is 7.88. The lowest BCUT2D eigenvalue weighted by molar-refractivity contribution is 0.414. The van der Waals surface area contributed by atoms with E-state index in [1.807, 2.05) is 54.6 Å². The number of nitrogens with zero attached hydrogens (tertiary/aromatic N) is 3. The molecule has 0 saturated carbocycles. The summed E-state index contributed by atoms with van der Waals surface area (Å²) in [6.45, 7) is 0.588. The quantitative estimate of drug-likeness (QED) is 0.597. The van der Waals surface area contributed by atoms with Gasteiger partial charge in [0.2, 0.25) is 5.58 Å². The predicted octanol–water partition coefficient (Wildman–Crippen LogP) is 3.91. The number of rotatable bonds is 5. The maximum absolute atomic E-state index is 5.51. The molecule has 0 fully saturated rings. The van der Waals surface area contributed by atoms with Gasteiger partial charge in [0, 0.05) is 12.1 Å². The van der Waals surface area contributed by atoms with E-state index >= 15 is 0 Å². The van der Waals surface area contributed by atoms with E-state index in [0.29, 0.717) is 29.2 Å². The Morgan fingerprint density at radius 1 is 1.04 bits per heavy atom. The van der Waals surface area contributed by atoms with Gasteiger partial charge in [0.05, 0.1) is 7.11 Å². The van der Waals surface area contributed by atoms with Crippen LogP contribution in [0.2, 0.25) is 0 Å². The Hall–Kier alpha value is -3.41. The highest BCUT2D eigenvalue weighted by Crippen LogP contribution is 2.29. The Morgan fingerprint density at radius 2 is 1.92 bits per heavy atom. The fourth-order valence-electron chi connectivity index (χ4n) is 2.64. The molecule has 0 bridgehead atoms. The van der Waals surface area contributed by atoms with E-state index in [1.54, 1.807) is 7.11 Å². The molecule has 1 N–H and O–H groups in total. The van der Waals surface area contributed by atoms with E-state index in [4.69, 9.17) is 9.26 Å². The first kappa shape index (κ1) is 15.1. The van der Waals surface area contributed by atoms with Gasteiger partial charge >= 0.3 is 0 Å². The van der Waals surface area contributed by atoms with Crippen LogP contribution in [0.3, 0.4) is 0 Å². The molecule has 0 unspecified atom stereocenters. The van der Waals surface area contributed by atoms with Crippen LogP contribution in [0.4, 0.5) is 5.82 Å². The van der Waals surface area contributed by atoms with Crippen molar-refractivity contribution in [3.63, 3.8) is 0 Å². The van der Waals surface area contributed by atoms with Crippen LogP contribution in [0.25, 0.3) is 22.4 Å². The van der Waals surface area contributed by atoms with Crippen molar-refractivity contribution in [3.05, 3.63) is 66.5 Å². The third kappa shape index (κ3) is 3.01. The Morgan fingerprint density at radius 3 is 2.76 bits per heavy atom. The molecular formula is C19H16N4O2. The highest BCUT2D eigenvalue weighted by Gasteiger charge is 2.15. The summed E-state index contributed by atoms with van der Waals surface area (Å²) < 4.78 is 10.8. The Kier molecular flexibility index (Phi) is 4.00. The number of methoxy groups -OCH3 is 1. The van der Waals surface area contributed by atoms with Gasteiger partial charge < -0.3 is 14.6 Å². The number of aromatic nitrogens is 3. The van der Waals surface area contributed by atoms with Crippen molar-refractivity contribution >= 4 is 16.9 Å². The number of anilines is 1. The summed E-state index contributed by atoms with van der Waals surface area (Å²) >= 11 is 0. The first-order chi connectivity index (χ1) is 12.3. The lowest BCUT2D eigenvalue weighted by Crippen LogP contribution is -2.02. The fraction of sp³-hybridized carbons (Fsp3) is 0.105. The lowest BCUT2D eigenvalue weighted by atomic mass is 10.1. The molecule has 0 atom stereocenters. The highest BCUT2D eigenvalue weighted by molar-refractivity contribution is 5.93. The van der Waals surface area contributed by atoms with Gasteiger partial charge in [-0.05, 0) is 17.7 Å². The molecule has 0 radical (unpaired) electrons. The summed E-state index contributed by atoms with van der Waals surface area (Å²) in [6.07, 6.45) is 1.51. The van der Waals surface area contributed by atoms with Crippen molar-refractivity contribution in [1.29, 1.82) is 0 Å². The fourth-order valence-corrected chi connectivity index (χ4v) is 2.64. The molecule has 2 heterocycles. The van der Waals surface area contributed by atoms with E-state index < -0.39 is 0 Å². The Labute approximate surface area is 144 Å². The van der Waals surface area contributed by atoms with Gasteiger partial charge in [-0.2, -0.15) is 0 Å². The van der Waals surface area contributed by atoms with E-state index in [1.165, 1.54) is 6.33 Å². The topological polar surface area (TPSA) is 73.1 Å². The van der Waals surface area contributed by atoms with Crippen molar-refractivity contribution < 1.29 is 9.26 Å². The Bertz CT molecular complexity index is 999. The zero-order valence-electron chi connectivity index (χ0n) is 13.6. The molecule has 0 saturated heterocycles. The SMILES string of the molecule is COc1cccc(CNc2ncnc3c(-c4ccccc4)noc23)c1. The largest absolute Gasteiger partial charge is 0.497 e. The van der Waals surface area contributed by atoms with Gasteiger partial charge in [-0.15, -0.1) is 0 Å². The molecular weight excluding hydrogens is 316 g/mol. The number of hydrogen-bond acceptors (Lipinski definition) is 6. The molecule has 6 heteroatoms. The average Bonchev–Trinajstić information content (AvgIpc) is 3.12. The van der Waals surface area contributed by atoms with E-state index in [0.717, 1.165) is 16.9 Å². The van der Waals surface area contributed by atoms with Crippen molar-refractivity contribution in [2.75, 3.05) is 12.4 Å². The molecule has 0 aliphatic heterocycles. The van der Waals surface area contributed by atoms with E-state index in [2.05, 4.69) is 20.4 Å². The number of benzene rings is 2. The van der Waals surface area contributed by atoms with Crippen LogP contribution < -0.4 is 10.1 Å². The molecule has 6 nitrogen and oxygen atoms in total. The number of fused-ring (bicyclic) bond motifs is 1. The molecule has 4 aromatic rings. The minimum Gasteiger partial charge on any atom is -0.497 e. The molecule has 4 rings (SSSR count). The van der Waals surface area contributed by atoms with Crippen molar-refractivity contribution in [3.8, 4) is 17.0 Å². The number of nitrogens with one attached hydrogen (secondary N) is 1. The normalized spacial score (nSPS) is 10.8. The van der Waals surface area contributed by atoms with E-state index in [-0.39, 0.29) is 0 Å². The van der Waals surface area contributed by atoms with Crippen LogP contribution in [0.1, 0.15) is 5.56 Å². The van der Waals surface area contributed by atoms with Gasteiger partial charge in [-0.1, -0.05) is 47.6 Å². The van der Waals surface area contributed by atoms with Crippen LogP contribution in [0, 0.1) is 0 Å². The summed E-state index contributed by atoms with van der Waals surface area (Å²) in [5.74, 6) is 1.43.